The van der Waals surface area contributed by atoms with Crippen LogP contribution < -0.4 is 10.9 Å². The zero-order chi connectivity index (χ0) is 17.3. The average molecular weight is 357 g/mol. The lowest BCUT2D eigenvalue weighted by molar-refractivity contribution is -0.0493. The van der Waals surface area contributed by atoms with E-state index in [9.17, 15) is 19.6 Å². The zero-order valence-corrected chi connectivity index (χ0v) is 13.7. The topological polar surface area (TPSA) is 150 Å². The van der Waals surface area contributed by atoms with Gasteiger partial charge in [0.1, 0.15) is 29.5 Å². The summed E-state index contributed by atoms with van der Waals surface area (Å²) in [7, 11) is -1.99. The molecular formula is C13H18N4O6P+. The largest absolute Gasteiger partial charge is 0.537 e. The number of aliphatic hydroxyl groups excluding tert-OH is 2. The summed E-state index contributed by atoms with van der Waals surface area (Å²) < 4.78 is 21.7. The molecule has 1 aliphatic heterocycles. The molecule has 0 amide bonds. The third-order valence-electron chi connectivity index (χ3n) is 3.81. The van der Waals surface area contributed by atoms with Gasteiger partial charge in [-0.3, -0.25) is 10.1 Å². The van der Waals surface area contributed by atoms with Gasteiger partial charge in [-0.2, -0.15) is 0 Å². The second-order valence-electron chi connectivity index (χ2n) is 5.29. The van der Waals surface area contributed by atoms with E-state index in [-0.39, 0.29) is 17.4 Å². The minimum Gasteiger partial charge on any atom is -0.388 e. The molecule has 0 aliphatic carbocycles. The Balaban J connectivity index is 1.78. The van der Waals surface area contributed by atoms with Crippen LogP contribution in [0.15, 0.2) is 17.3 Å². The predicted molar refractivity (Wildman–Crippen MR) is 83.6 cm³/mol. The summed E-state index contributed by atoms with van der Waals surface area (Å²) in [4.78, 5) is 21.1. The van der Waals surface area contributed by atoms with E-state index in [0.29, 0.717) is 17.7 Å². The van der Waals surface area contributed by atoms with E-state index in [2.05, 4.69) is 20.3 Å². The standard InChI is InChI=1S/C13H17N4O6P/c1-2-23-24(21)5-22-13-11(19)10(18)8(17-13)6-3-14-9-7(6)15-4-16-12(9)20/h3-4,8,10-11,13,17-19H,2,5H2,1H3,(H-,14,15,16,20)/p+1/t8-,10-,11-,13+/m0/s1. The number of nitrogens with zero attached hydrogens (tertiary/aromatic N) is 1. The number of fused-ring (bicyclic) bond motifs is 1. The lowest BCUT2D eigenvalue weighted by atomic mass is 10.0. The van der Waals surface area contributed by atoms with Gasteiger partial charge in [-0.15, -0.1) is 4.52 Å². The van der Waals surface area contributed by atoms with Crippen molar-refractivity contribution in [1.82, 2.24) is 20.3 Å². The molecule has 5 atom stereocenters. The van der Waals surface area contributed by atoms with Crippen LogP contribution in [0.1, 0.15) is 18.5 Å². The van der Waals surface area contributed by atoms with E-state index < -0.39 is 32.5 Å². The van der Waals surface area contributed by atoms with Gasteiger partial charge in [0.2, 0.25) is 0 Å². The van der Waals surface area contributed by atoms with Crippen molar-refractivity contribution in [3.63, 3.8) is 0 Å². The molecule has 1 unspecified atom stereocenters. The third kappa shape index (κ3) is 3.12. The molecule has 1 aliphatic rings. The van der Waals surface area contributed by atoms with Crippen LogP contribution in [-0.2, 0) is 13.8 Å². The van der Waals surface area contributed by atoms with Gasteiger partial charge < -0.3 is 24.9 Å². The van der Waals surface area contributed by atoms with Crippen LogP contribution >= 0.6 is 8.03 Å². The highest BCUT2D eigenvalue weighted by atomic mass is 31.1. The first-order valence-electron chi connectivity index (χ1n) is 7.39. The normalized spacial score (nSPS) is 27.7. The fraction of sp³-hybridized carbons (Fsp3) is 0.538. The molecule has 0 bridgehead atoms. The molecule has 1 saturated heterocycles. The Morgan fingerprint density at radius 1 is 1.33 bits per heavy atom. The van der Waals surface area contributed by atoms with E-state index in [1.165, 1.54) is 6.33 Å². The molecule has 5 N–H and O–H groups in total. The van der Waals surface area contributed by atoms with Gasteiger partial charge in [-0.05, 0) is 11.5 Å². The molecule has 0 radical (unpaired) electrons. The summed E-state index contributed by atoms with van der Waals surface area (Å²) in [6.45, 7) is 2.00. The fourth-order valence-electron chi connectivity index (χ4n) is 2.70. The van der Waals surface area contributed by atoms with E-state index in [1.54, 1.807) is 13.1 Å². The Labute approximate surface area is 137 Å². The number of nitrogens with one attached hydrogen (secondary N) is 3. The van der Waals surface area contributed by atoms with Crippen molar-refractivity contribution >= 4 is 19.1 Å². The highest BCUT2D eigenvalue weighted by molar-refractivity contribution is 7.38. The lowest BCUT2D eigenvalue weighted by Crippen LogP contribution is -2.35. The van der Waals surface area contributed by atoms with Gasteiger partial charge in [0.15, 0.2) is 0 Å². The predicted octanol–water partition coefficient (Wildman–Crippen LogP) is -0.304. The molecule has 0 saturated carbocycles. The smallest absolute Gasteiger partial charge is 0.388 e. The Hall–Kier alpha value is -1.68. The molecule has 130 valence electrons. The Morgan fingerprint density at radius 2 is 2.12 bits per heavy atom. The lowest BCUT2D eigenvalue weighted by Gasteiger charge is -2.14. The second kappa shape index (κ2) is 7.06. The van der Waals surface area contributed by atoms with Gasteiger partial charge in [-0.1, -0.05) is 0 Å². The first-order chi connectivity index (χ1) is 11.5. The molecule has 0 aromatic carbocycles. The maximum atomic E-state index is 11.7. The first-order valence-corrected chi connectivity index (χ1v) is 8.75. The van der Waals surface area contributed by atoms with Crippen LogP contribution in [-0.4, -0.2) is 56.6 Å². The quantitative estimate of drug-likeness (QED) is 0.442. The Morgan fingerprint density at radius 3 is 2.88 bits per heavy atom. The van der Waals surface area contributed by atoms with Crippen LogP contribution in [0.4, 0.5) is 0 Å². The maximum absolute atomic E-state index is 11.7. The fourth-order valence-corrected chi connectivity index (χ4v) is 3.35. The number of aromatic nitrogens is 3. The van der Waals surface area contributed by atoms with E-state index in [1.807, 2.05) is 0 Å². The van der Waals surface area contributed by atoms with Crippen molar-refractivity contribution in [1.29, 1.82) is 0 Å². The van der Waals surface area contributed by atoms with Gasteiger partial charge in [0.25, 0.3) is 11.9 Å². The number of hydrogen-bond donors (Lipinski definition) is 5. The number of ether oxygens (including phenoxy) is 1. The van der Waals surface area contributed by atoms with Crippen molar-refractivity contribution in [2.45, 2.75) is 31.4 Å². The maximum Gasteiger partial charge on any atom is 0.537 e. The molecule has 0 spiro atoms. The van der Waals surface area contributed by atoms with Crippen molar-refractivity contribution in [2.75, 3.05) is 13.0 Å². The van der Waals surface area contributed by atoms with Crippen molar-refractivity contribution in [2.24, 2.45) is 0 Å². The monoisotopic (exact) mass is 357 g/mol. The number of aliphatic hydroxyl groups is 2. The molecular weight excluding hydrogens is 339 g/mol. The second-order valence-corrected chi connectivity index (χ2v) is 6.47. The van der Waals surface area contributed by atoms with Gasteiger partial charge in [0.05, 0.1) is 19.0 Å². The number of hydrogen-bond acceptors (Lipinski definition) is 8. The zero-order valence-electron chi connectivity index (χ0n) is 12.8. The Kier molecular flexibility index (Phi) is 5.04. The third-order valence-corrected chi connectivity index (χ3v) is 4.72. The van der Waals surface area contributed by atoms with Crippen LogP contribution in [0, 0.1) is 0 Å². The summed E-state index contributed by atoms with van der Waals surface area (Å²) in [6.07, 6.45) is -0.726. The van der Waals surface area contributed by atoms with Crippen LogP contribution in [0.3, 0.4) is 0 Å². The highest BCUT2D eigenvalue weighted by Crippen LogP contribution is 2.32. The number of rotatable bonds is 6. The minimum atomic E-state index is -1.99. The summed E-state index contributed by atoms with van der Waals surface area (Å²) in [5, 5.41) is 23.3. The van der Waals surface area contributed by atoms with Crippen molar-refractivity contribution in [3.05, 3.63) is 28.4 Å². The summed E-state index contributed by atoms with van der Waals surface area (Å²) in [6, 6.07) is -0.696. The molecule has 1 fully saturated rings. The highest BCUT2D eigenvalue weighted by Gasteiger charge is 2.44. The van der Waals surface area contributed by atoms with E-state index in [4.69, 9.17) is 9.26 Å². The van der Waals surface area contributed by atoms with Gasteiger partial charge >= 0.3 is 8.03 Å². The SMILES string of the molecule is CCO[P+](=O)CO[C@H]1N[C@@H](c2c[nH]c3c(=O)[nH]cnc23)[C@H](O)[C@@H]1O. The molecule has 10 nitrogen and oxygen atoms in total. The van der Waals surface area contributed by atoms with Crippen molar-refractivity contribution < 1.29 is 24.0 Å². The van der Waals surface area contributed by atoms with Crippen LogP contribution in [0.25, 0.3) is 11.0 Å². The van der Waals surface area contributed by atoms with Crippen molar-refractivity contribution in [3.8, 4) is 0 Å². The summed E-state index contributed by atoms with van der Waals surface area (Å²) in [5.74, 6) is 0. The summed E-state index contributed by atoms with van der Waals surface area (Å²) in [5.41, 5.74) is 0.868. The average Bonchev–Trinajstić information content (AvgIpc) is 3.10. The number of aromatic amines is 2. The molecule has 2 aromatic rings. The molecule has 3 rings (SSSR count). The van der Waals surface area contributed by atoms with Crippen LogP contribution in [0.5, 0.6) is 0 Å². The first kappa shape index (κ1) is 17.2. The summed E-state index contributed by atoms with van der Waals surface area (Å²) >= 11 is 0. The van der Waals surface area contributed by atoms with Gasteiger partial charge in [-0.25, -0.2) is 4.98 Å². The molecule has 3 heterocycles. The minimum absolute atomic E-state index is 0.205. The Bertz CT molecular complexity index is 792. The molecule has 2 aromatic heterocycles. The molecule has 24 heavy (non-hydrogen) atoms. The number of H-pyrrole nitrogens is 2. The van der Waals surface area contributed by atoms with E-state index in [0.717, 1.165) is 0 Å². The molecule has 11 heteroatoms. The van der Waals surface area contributed by atoms with Crippen LogP contribution in [0.2, 0.25) is 0 Å². The van der Waals surface area contributed by atoms with Gasteiger partial charge in [0, 0.05) is 11.8 Å². The van der Waals surface area contributed by atoms with E-state index >= 15 is 0 Å².